The number of phenolic OH excluding ortho intramolecular Hbond substituents is 2. The third kappa shape index (κ3) is 3.53. The topological polar surface area (TPSA) is 40.5 Å². The van der Waals surface area contributed by atoms with Crippen LogP contribution in [-0.2, 0) is 6.42 Å². The Morgan fingerprint density at radius 1 is 0.680 bits per heavy atom. The van der Waals surface area contributed by atoms with Gasteiger partial charge in [-0.2, -0.15) is 0 Å². The van der Waals surface area contributed by atoms with Crippen molar-refractivity contribution < 1.29 is 10.2 Å². The second-order valence-electron chi connectivity index (χ2n) is 6.62. The van der Waals surface area contributed by atoms with E-state index in [1.165, 1.54) is 11.1 Å². The summed E-state index contributed by atoms with van der Waals surface area (Å²) in [6.45, 7) is 5.98. The summed E-state index contributed by atoms with van der Waals surface area (Å²) in [7, 11) is 0. The van der Waals surface area contributed by atoms with Crippen LogP contribution in [0.25, 0.3) is 0 Å². The maximum absolute atomic E-state index is 9.88. The molecule has 0 saturated carbocycles. The smallest absolute Gasteiger partial charge is 0.118 e. The summed E-state index contributed by atoms with van der Waals surface area (Å²) in [5, 5.41) is 19.8. The summed E-state index contributed by atoms with van der Waals surface area (Å²) in [5.41, 5.74) is 6.50. The van der Waals surface area contributed by atoms with Gasteiger partial charge in [0, 0.05) is 5.92 Å². The number of hydrogen-bond acceptors (Lipinski definition) is 2. The van der Waals surface area contributed by atoms with Gasteiger partial charge in [0.1, 0.15) is 11.5 Å². The van der Waals surface area contributed by atoms with Crippen LogP contribution in [0.15, 0.2) is 60.7 Å². The minimum absolute atomic E-state index is 0.0597. The van der Waals surface area contributed by atoms with E-state index in [4.69, 9.17) is 0 Å². The van der Waals surface area contributed by atoms with Crippen LogP contribution >= 0.6 is 0 Å². The minimum atomic E-state index is 0.0597. The quantitative estimate of drug-likeness (QED) is 0.623. The highest BCUT2D eigenvalue weighted by Gasteiger charge is 2.18. The van der Waals surface area contributed by atoms with Gasteiger partial charge in [0.2, 0.25) is 0 Å². The molecule has 0 fully saturated rings. The molecule has 0 heterocycles. The summed E-state index contributed by atoms with van der Waals surface area (Å²) in [5.74, 6) is 0.681. The normalized spacial score (nSPS) is 11.0. The van der Waals surface area contributed by atoms with Gasteiger partial charge in [-0.1, -0.05) is 55.5 Å². The highest BCUT2D eigenvalue weighted by Crippen LogP contribution is 2.35. The molecule has 3 rings (SSSR count). The average Bonchev–Trinajstić information content (AvgIpc) is 2.62. The maximum Gasteiger partial charge on any atom is 0.118 e. The summed E-state index contributed by atoms with van der Waals surface area (Å²) in [6.07, 6.45) is 1.02. The fourth-order valence-corrected chi connectivity index (χ4v) is 3.24. The number of rotatable bonds is 4. The van der Waals surface area contributed by atoms with Crippen molar-refractivity contribution in [3.63, 3.8) is 0 Å². The van der Waals surface area contributed by atoms with E-state index in [0.29, 0.717) is 11.5 Å². The lowest BCUT2D eigenvalue weighted by atomic mass is 9.83. The van der Waals surface area contributed by atoms with Gasteiger partial charge in [0.25, 0.3) is 0 Å². The Kier molecular flexibility index (Phi) is 4.80. The number of aryl methyl sites for hydroxylation is 3. The summed E-state index contributed by atoms with van der Waals surface area (Å²) in [6, 6.07) is 20.2. The fraction of sp³-hybridized carbons (Fsp3) is 0.217. The first-order chi connectivity index (χ1) is 12.0. The lowest BCUT2D eigenvalue weighted by Crippen LogP contribution is -2.04. The zero-order chi connectivity index (χ0) is 18.0. The molecule has 0 bridgehead atoms. The van der Waals surface area contributed by atoms with Crippen molar-refractivity contribution in [1.82, 2.24) is 0 Å². The van der Waals surface area contributed by atoms with Crippen molar-refractivity contribution in [2.75, 3.05) is 0 Å². The average molecular weight is 332 g/mol. The van der Waals surface area contributed by atoms with Crippen LogP contribution in [0.2, 0.25) is 0 Å². The molecular formula is C23H24O2. The van der Waals surface area contributed by atoms with Gasteiger partial charge >= 0.3 is 0 Å². The van der Waals surface area contributed by atoms with Crippen molar-refractivity contribution in [2.45, 2.75) is 33.1 Å². The van der Waals surface area contributed by atoms with E-state index in [-0.39, 0.29) is 5.92 Å². The molecule has 2 nitrogen and oxygen atoms in total. The molecule has 0 atom stereocenters. The monoisotopic (exact) mass is 332 g/mol. The number of benzene rings is 3. The molecule has 3 aromatic carbocycles. The first kappa shape index (κ1) is 17.1. The Hall–Kier alpha value is -2.74. The fourth-order valence-electron chi connectivity index (χ4n) is 3.24. The Morgan fingerprint density at radius 3 is 1.52 bits per heavy atom. The van der Waals surface area contributed by atoms with Crippen molar-refractivity contribution >= 4 is 0 Å². The van der Waals surface area contributed by atoms with Crippen LogP contribution in [0.1, 0.15) is 46.2 Å². The van der Waals surface area contributed by atoms with E-state index in [0.717, 1.165) is 28.7 Å². The summed E-state index contributed by atoms with van der Waals surface area (Å²) in [4.78, 5) is 0. The Morgan fingerprint density at radius 2 is 1.12 bits per heavy atom. The van der Waals surface area contributed by atoms with E-state index in [1.54, 1.807) is 12.1 Å². The number of phenols is 2. The van der Waals surface area contributed by atoms with E-state index in [2.05, 4.69) is 31.2 Å². The molecular weight excluding hydrogens is 308 g/mol. The molecule has 3 aromatic rings. The Labute approximate surface area is 149 Å². The van der Waals surface area contributed by atoms with Gasteiger partial charge in [-0.15, -0.1) is 0 Å². The van der Waals surface area contributed by atoms with Crippen molar-refractivity contribution in [2.24, 2.45) is 0 Å². The lowest BCUT2D eigenvalue weighted by Gasteiger charge is -2.21. The second-order valence-corrected chi connectivity index (χ2v) is 6.62. The largest absolute Gasteiger partial charge is 0.508 e. The van der Waals surface area contributed by atoms with E-state index in [9.17, 15) is 10.2 Å². The highest BCUT2D eigenvalue weighted by atomic mass is 16.3. The third-order valence-corrected chi connectivity index (χ3v) is 4.83. The molecule has 0 aromatic heterocycles. The standard InChI is InChI=1S/C23H24O2/c1-4-17-5-7-18(8-6-17)23(19-9-11-21(24)15(2)13-19)20-10-12-22(25)16(3)14-20/h5-14,23-25H,4H2,1-3H3. The molecule has 0 aliphatic carbocycles. The maximum atomic E-state index is 9.88. The zero-order valence-electron chi connectivity index (χ0n) is 15.0. The molecule has 0 aliphatic heterocycles. The number of aromatic hydroxyl groups is 2. The first-order valence-corrected chi connectivity index (χ1v) is 8.67. The van der Waals surface area contributed by atoms with Gasteiger partial charge in [-0.3, -0.25) is 0 Å². The van der Waals surface area contributed by atoms with Crippen LogP contribution in [0, 0.1) is 13.8 Å². The highest BCUT2D eigenvalue weighted by molar-refractivity contribution is 5.49. The summed E-state index contributed by atoms with van der Waals surface area (Å²) < 4.78 is 0. The van der Waals surface area contributed by atoms with Crippen molar-refractivity contribution in [3.8, 4) is 11.5 Å². The Balaban J connectivity index is 2.15. The minimum Gasteiger partial charge on any atom is -0.508 e. The molecule has 0 spiro atoms. The molecule has 0 amide bonds. The van der Waals surface area contributed by atoms with Crippen LogP contribution in [0.5, 0.6) is 11.5 Å². The van der Waals surface area contributed by atoms with Crippen LogP contribution in [-0.4, -0.2) is 10.2 Å². The van der Waals surface area contributed by atoms with Crippen LogP contribution in [0.4, 0.5) is 0 Å². The van der Waals surface area contributed by atoms with Gasteiger partial charge in [-0.25, -0.2) is 0 Å². The van der Waals surface area contributed by atoms with E-state index < -0.39 is 0 Å². The zero-order valence-corrected chi connectivity index (χ0v) is 15.0. The predicted octanol–water partition coefficient (Wildman–Crippen LogP) is 5.46. The Bertz CT molecular complexity index is 828. The van der Waals surface area contributed by atoms with E-state index in [1.807, 2.05) is 38.1 Å². The molecule has 0 aliphatic rings. The van der Waals surface area contributed by atoms with Gasteiger partial charge in [0.15, 0.2) is 0 Å². The van der Waals surface area contributed by atoms with Crippen LogP contribution < -0.4 is 0 Å². The van der Waals surface area contributed by atoms with Crippen LogP contribution in [0.3, 0.4) is 0 Å². The molecule has 2 N–H and O–H groups in total. The van der Waals surface area contributed by atoms with Gasteiger partial charge in [0.05, 0.1) is 0 Å². The molecule has 2 heteroatoms. The molecule has 128 valence electrons. The van der Waals surface area contributed by atoms with Crippen molar-refractivity contribution in [3.05, 3.63) is 94.0 Å². The second kappa shape index (κ2) is 7.02. The molecule has 0 saturated heterocycles. The molecule has 0 unspecified atom stereocenters. The third-order valence-electron chi connectivity index (χ3n) is 4.83. The van der Waals surface area contributed by atoms with Gasteiger partial charge < -0.3 is 10.2 Å². The summed E-state index contributed by atoms with van der Waals surface area (Å²) >= 11 is 0. The SMILES string of the molecule is CCc1ccc(C(c2ccc(O)c(C)c2)c2ccc(O)c(C)c2)cc1. The predicted molar refractivity (Wildman–Crippen MR) is 102 cm³/mol. The number of hydrogen-bond donors (Lipinski definition) is 2. The lowest BCUT2D eigenvalue weighted by molar-refractivity contribution is 0.470. The molecule has 25 heavy (non-hydrogen) atoms. The van der Waals surface area contributed by atoms with E-state index >= 15 is 0 Å². The van der Waals surface area contributed by atoms with Crippen molar-refractivity contribution in [1.29, 1.82) is 0 Å². The molecule has 0 radical (unpaired) electrons. The van der Waals surface area contributed by atoms with Gasteiger partial charge in [-0.05, 0) is 65.8 Å². The first-order valence-electron chi connectivity index (χ1n) is 8.67.